The highest BCUT2D eigenvalue weighted by Crippen LogP contribution is 2.31. The highest BCUT2D eigenvalue weighted by Gasteiger charge is 2.26. The summed E-state index contributed by atoms with van der Waals surface area (Å²) in [7, 11) is 0. The van der Waals surface area contributed by atoms with Crippen molar-refractivity contribution in [2.45, 2.75) is 51.6 Å². The molecule has 0 amide bonds. The molecule has 4 heteroatoms. The fourth-order valence-electron chi connectivity index (χ4n) is 3.11. The zero-order valence-electron chi connectivity index (χ0n) is 11.9. The molecule has 3 rings (SSSR count). The number of aromatic nitrogens is 3. The number of imidazole rings is 1. The van der Waals surface area contributed by atoms with E-state index in [4.69, 9.17) is 4.98 Å². The molecule has 102 valence electrons. The number of rotatable bonds is 2. The average Bonchev–Trinajstić information content (AvgIpc) is 2.78. The molecule has 0 aliphatic carbocycles. The summed E-state index contributed by atoms with van der Waals surface area (Å²) in [5.41, 5.74) is 2.05. The van der Waals surface area contributed by atoms with Gasteiger partial charge in [0, 0.05) is 24.2 Å². The Morgan fingerprint density at radius 3 is 3.00 bits per heavy atom. The zero-order chi connectivity index (χ0) is 13.4. The summed E-state index contributed by atoms with van der Waals surface area (Å²) in [6.45, 7) is 7.76. The van der Waals surface area contributed by atoms with Crippen molar-refractivity contribution in [3.05, 3.63) is 24.2 Å². The van der Waals surface area contributed by atoms with E-state index < -0.39 is 0 Å². The van der Waals surface area contributed by atoms with E-state index in [0.717, 1.165) is 24.1 Å². The Morgan fingerprint density at radius 1 is 1.42 bits per heavy atom. The van der Waals surface area contributed by atoms with E-state index in [1.54, 1.807) is 0 Å². The third kappa shape index (κ3) is 2.25. The van der Waals surface area contributed by atoms with Gasteiger partial charge in [-0.25, -0.2) is 9.97 Å². The van der Waals surface area contributed by atoms with Crippen molar-refractivity contribution in [3.63, 3.8) is 0 Å². The minimum atomic E-state index is 0.403. The Labute approximate surface area is 114 Å². The molecule has 1 aliphatic heterocycles. The molecule has 1 fully saturated rings. The molecule has 1 N–H and O–H groups in total. The van der Waals surface area contributed by atoms with Crippen LogP contribution in [0.4, 0.5) is 0 Å². The summed E-state index contributed by atoms with van der Waals surface area (Å²) < 4.78 is 2.32. The predicted molar refractivity (Wildman–Crippen MR) is 77.4 cm³/mol. The van der Waals surface area contributed by atoms with E-state index in [-0.39, 0.29) is 0 Å². The summed E-state index contributed by atoms with van der Waals surface area (Å²) in [6.07, 6.45) is 4.19. The van der Waals surface area contributed by atoms with Gasteiger partial charge < -0.3 is 9.88 Å². The van der Waals surface area contributed by atoms with Crippen molar-refractivity contribution < 1.29 is 0 Å². The van der Waals surface area contributed by atoms with Gasteiger partial charge in [0.15, 0.2) is 5.65 Å². The average molecular weight is 258 g/mol. The number of nitrogens with zero attached hydrogens (tertiary/aromatic N) is 3. The lowest BCUT2D eigenvalue weighted by Gasteiger charge is -2.28. The minimum Gasteiger partial charge on any atom is -0.314 e. The molecule has 2 aromatic heterocycles. The van der Waals surface area contributed by atoms with Gasteiger partial charge in [-0.3, -0.25) is 0 Å². The van der Waals surface area contributed by atoms with Gasteiger partial charge in [0.2, 0.25) is 0 Å². The summed E-state index contributed by atoms with van der Waals surface area (Å²) in [6, 6.07) is 5.01. The largest absolute Gasteiger partial charge is 0.314 e. The lowest BCUT2D eigenvalue weighted by Crippen LogP contribution is -2.35. The normalized spacial score (nSPS) is 24.2. The van der Waals surface area contributed by atoms with E-state index in [1.807, 2.05) is 12.3 Å². The van der Waals surface area contributed by atoms with Crippen molar-refractivity contribution in [1.82, 2.24) is 19.9 Å². The van der Waals surface area contributed by atoms with Crippen LogP contribution in [0.5, 0.6) is 0 Å². The zero-order valence-corrected chi connectivity index (χ0v) is 11.9. The molecule has 1 aliphatic rings. The number of hydrogen-bond acceptors (Lipinski definition) is 3. The van der Waals surface area contributed by atoms with Crippen LogP contribution in [0.1, 0.15) is 51.4 Å². The molecule has 1 saturated heterocycles. The quantitative estimate of drug-likeness (QED) is 0.900. The molecule has 2 unspecified atom stereocenters. The molecule has 0 saturated carbocycles. The second kappa shape index (κ2) is 4.93. The molecule has 0 aromatic carbocycles. The van der Waals surface area contributed by atoms with E-state index in [1.165, 1.54) is 12.2 Å². The van der Waals surface area contributed by atoms with Crippen LogP contribution in [0.15, 0.2) is 18.3 Å². The number of piperidine rings is 1. The highest BCUT2D eigenvalue weighted by atomic mass is 15.2. The Hall–Kier alpha value is -1.42. The lowest BCUT2D eigenvalue weighted by atomic mass is 9.92. The Kier molecular flexibility index (Phi) is 3.27. The molecule has 0 radical (unpaired) electrons. The smallest absolute Gasteiger partial charge is 0.160 e. The predicted octanol–water partition coefficient (Wildman–Crippen LogP) is 2.87. The summed E-state index contributed by atoms with van der Waals surface area (Å²) in [4.78, 5) is 9.39. The number of hydrogen-bond donors (Lipinski definition) is 1. The molecular weight excluding hydrogens is 236 g/mol. The second-order valence-electron chi connectivity index (χ2n) is 5.86. The number of fused-ring (bicyclic) bond motifs is 1. The SMILES string of the molecule is CC1CC(c2nc3cccnc3n2C(C)C)CCN1. The summed E-state index contributed by atoms with van der Waals surface area (Å²) >= 11 is 0. The van der Waals surface area contributed by atoms with Crippen molar-refractivity contribution in [1.29, 1.82) is 0 Å². The van der Waals surface area contributed by atoms with Crippen LogP contribution >= 0.6 is 0 Å². The molecule has 2 aromatic rings. The second-order valence-corrected chi connectivity index (χ2v) is 5.86. The maximum Gasteiger partial charge on any atom is 0.160 e. The van der Waals surface area contributed by atoms with Crippen molar-refractivity contribution >= 4 is 11.2 Å². The molecular formula is C15H22N4. The van der Waals surface area contributed by atoms with Crippen LogP contribution in [0.25, 0.3) is 11.2 Å². The first kappa shape index (κ1) is 12.6. The van der Waals surface area contributed by atoms with Crippen molar-refractivity contribution in [2.24, 2.45) is 0 Å². The number of nitrogens with one attached hydrogen (secondary N) is 1. The van der Waals surface area contributed by atoms with Crippen LogP contribution in [0.3, 0.4) is 0 Å². The molecule has 2 atom stereocenters. The first-order chi connectivity index (χ1) is 9.16. The molecule has 4 nitrogen and oxygen atoms in total. The van der Waals surface area contributed by atoms with Gasteiger partial charge >= 0.3 is 0 Å². The van der Waals surface area contributed by atoms with Crippen LogP contribution in [-0.2, 0) is 0 Å². The molecule has 19 heavy (non-hydrogen) atoms. The van der Waals surface area contributed by atoms with Crippen LogP contribution in [0.2, 0.25) is 0 Å². The lowest BCUT2D eigenvalue weighted by molar-refractivity contribution is 0.360. The fraction of sp³-hybridized carbons (Fsp3) is 0.600. The van der Waals surface area contributed by atoms with Crippen molar-refractivity contribution in [3.8, 4) is 0 Å². The van der Waals surface area contributed by atoms with Crippen molar-refractivity contribution in [2.75, 3.05) is 6.54 Å². The number of pyridine rings is 1. The van der Waals surface area contributed by atoms with E-state index in [9.17, 15) is 0 Å². The molecule has 0 bridgehead atoms. The maximum absolute atomic E-state index is 4.86. The van der Waals surface area contributed by atoms with Gasteiger partial charge in [0.05, 0.1) is 0 Å². The van der Waals surface area contributed by atoms with E-state index in [0.29, 0.717) is 18.0 Å². The third-order valence-electron chi connectivity index (χ3n) is 3.98. The first-order valence-corrected chi connectivity index (χ1v) is 7.23. The maximum atomic E-state index is 4.86. The van der Waals surface area contributed by atoms with Crippen LogP contribution in [0, 0.1) is 0 Å². The van der Waals surface area contributed by atoms with E-state index in [2.05, 4.69) is 41.7 Å². The van der Waals surface area contributed by atoms with Gasteiger partial charge in [0.25, 0.3) is 0 Å². The Balaban J connectivity index is 2.09. The first-order valence-electron chi connectivity index (χ1n) is 7.23. The van der Waals surface area contributed by atoms with E-state index >= 15 is 0 Å². The molecule has 0 spiro atoms. The van der Waals surface area contributed by atoms with Gasteiger partial charge in [-0.15, -0.1) is 0 Å². The van der Waals surface area contributed by atoms with Gasteiger partial charge in [-0.05, 0) is 52.3 Å². The van der Waals surface area contributed by atoms with Crippen LogP contribution < -0.4 is 5.32 Å². The third-order valence-corrected chi connectivity index (χ3v) is 3.98. The Morgan fingerprint density at radius 2 is 2.26 bits per heavy atom. The summed E-state index contributed by atoms with van der Waals surface area (Å²) in [5.74, 6) is 1.77. The summed E-state index contributed by atoms with van der Waals surface area (Å²) in [5, 5.41) is 3.51. The highest BCUT2D eigenvalue weighted by molar-refractivity contribution is 5.71. The topological polar surface area (TPSA) is 42.7 Å². The Bertz CT molecular complexity index is 573. The molecule has 3 heterocycles. The minimum absolute atomic E-state index is 0.403. The van der Waals surface area contributed by atoms with Crippen LogP contribution in [-0.4, -0.2) is 27.1 Å². The van der Waals surface area contributed by atoms with Gasteiger partial charge in [-0.1, -0.05) is 0 Å². The van der Waals surface area contributed by atoms with Gasteiger partial charge in [-0.2, -0.15) is 0 Å². The monoisotopic (exact) mass is 258 g/mol. The fourth-order valence-corrected chi connectivity index (χ4v) is 3.11. The standard InChI is InChI=1S/C15H22N4/c1-10(2)19-14(12-6-8-16-11(3)9-12)18-13-5-4-7-17-15(13)19/h4-5,7,10-12,16H,6,8-9H2,1-3H3. The van der Waals surface area contributed by atoms with Gasteiger partial charge in [0.1, 0.15) is 11.3 Å².